The van der Waals surface area contributed by atoms with Crippen LogP contribution in [0.25, 0.3) is 0 Å². The Hall–Kier alpha value is -3.49. The van der Waals surface area contributed by atoms with E-state index >= 15 is 0 Å². The van der Waals surface area contributed by atoms with Gasteiger partial charge in [0, 0.05) is 18.8 Å². The Balaban J connectivity index is 1.64. The third kappa shape index (κ3) is 10.5. The van der Waals surface area contributed by atoms with E-state index in [9.17, 15) is 9.59 Å². The Morgan fingerprint density at radius 3 is 1.82 bits per heavy atom. The fraction of sp³-hybridized carbons (Fsp3) is 0.350. The van der Waals surface area contributed by atoms with Crippen LogP contribution in [0.5, 0.6) is 0 Å². The normalized spacial score (nSPS) is 13.6. The van der Waals surface area contributed by atoms with E-state index in [1.807, 2.05) is 58.0 Å². The molecule has 0 spiro atoms. The van der Waals surface area contributed by atoms with Gasteiger partial charge in [-0.1, -0.05) is 147 Å². The molecule has 0 aliphatic rings. The van der Waals surface area contributed by atoms with Crippen LogP contribution < -0.4 is 16.0 Å². The van der Waals surface area contributed by atoms with Crippen LogP contribution in [0, 0.1) is 5.92 Å². The van der Waals surface area contributed by atoms with Crippen LogP contribution in [0.3, 0.4) is 0 Å². The summed E-state index contributed by atoms with van der Waals surface area (Å²) in [7, 11) is 0. The highest BCUT2D eigenvalue weighted by Crippen LogP contribution is 2.48. The maximum Gasteiger partial charge on any atom is 0.407 e. The largest absolute Gasteiger partial charge is 0.444 e. The average molecular weight is 721 g/mol. The lowest BCUT2D eigenvalue weighted by atomic mass is 9.84. The molecular formula is C40H47Cl2N3O3S. The van der Waals surface area contributed by atoms with Gasteiger partial charge in [0.15, 0.2) is 0 Å². The van der Waals surface area contributed by atoms with Gasteiger partial charge in [0.25, 0.3) is 0 Å². The number of thioether (sulfide) groups is 1. The van der Waals surface area contributed by atoms with Gasteiger partial charge in [0.1, 0.15) is 5.60 Å². The van der Waals surface area contributed by atoms with Gasteiger partial charge in [0.2, 0.25) is 5.91 Å². The molecule has 0 aliphatic heterocycles. The Morgan fingerprint density at radius 2 is 1.33 bits per heavy atom. The highest BCUT2D eigenvalue weighted by molar-refractivity contribution is 8.00. The molecule has 0 radical (unpaired) electrons. The van der Waals surface area contributed by atoms with Crippen LogP contribution in [0.4, 0.5) is 4.79 Å². The third-order valence-electron chi connectivity index (χ3n) is 8.33. The molecule has 4 aromatic rings. The topological polar surface area (TPSA) is 79.5 Å². The fourth-order valence-electron chi connectivity index (χ4n) is 5.65. The molecular weight excluding hydrogens is 673 g/mol. The molecule has 0 fully saturated rings. The van der Waals surface area contributed by atoms with Crippen LogP contribution in [-0.4, -0.2) is 42.0 Å². The third-order valence-corrected chi connectivity index (χ3v) is 10.9. The predicted octanol–water partition coefficient (Wildman–Crippen LogP) is 9.23. The van der Waals surface area contributed by atoms with Gasteiger partial charge in [-0.3, -0.25) is 4.79 Å². The Morgan fingerprint density at radius 1 is 0.796 bits per heavy atom. The van der Waals surface area contributed by atoms with Gasteiger partial charge < -0.3 is 20.7 Å². The van der Waals surface area contributed by atoms with E-state index in [2.05, 4.69) is 95.7 Å². The van der Waals surface area contributed by atoms with Crippen LogP contribution in [0.15, 0.2) is 109 Å². The first-order chi connectivity index (χ1) is 23.4. The number of hydrogen-bond acceptors (Lipinski definition) is 5. The molecule has 4 rings (SSSR count). The first kappa shape index (κ1) is 38.3. The average Bonchev–Trinajstić information content (AvgIpc) is 3.09. The van der Waals surface area contributed by atoms with Gasteiger partial charge in [0.05, 0.1) is 26.9 Å². The smallest absolute Gasteiger partial charge is 0.407 e. The number of nitrogens with one attached hydrogen (secondary N) is 3. The van der Waals surface area contributed by atoms with Crippen molar-refractivity contribution in [2.45, 2.75) is 70.0 Å². The highest BCUT2D eigenvalue weighted by atomic mass is 35.5. The van der Waals surface area contributed by atoms with Crippen LogP contribution in [-0.2, 0) is 20.8 Å². The number of rotatable bonds is 15. The zero-order chi connectivity index (χ0) is 35.4. The van der Waals surface area contributed by atoms with Crippen molar-refractivity contribution in [2.24, 2.45) is 5.92 Å². The molecule has 49 heavy (non-hydrogen) atoms. The maximum absolute atomic E-state index is 13.6. The molecule has 0 unspecified atom stereocenters. The van der Waals surface area contributed by atoms with Crippen molar-refractivity contribution < 1.29 is 14.3 Å². The van der Waals surface area contributed by atoms with E-state index in [0.29, 0.717) is 22.3 Å². The fourth-order valence-corrected chi connectivity index (χ4v) is 7.60. The van der Waals surface area contributed by atoms with E-state index in [1.165, 1.54) is 0 Å². The second-order valence-corrected chi connectivity index (χ2v) is 15.2. The Bertz CT molecular complexity index is 1540. The molecule has 6 nitrogen and oxygen atoms in total. The lowest BCUT2D eigenvalue weighted by Crippen LogP contribution is -2.53. The number of benzene rings is 4. The van der Waals surface area contributed by atoms with Crippen molar-refractivity contribution in [2.75, 3.05) is 12.3 Å². The second-order valence-electron chi connectivity index (χ2n) is 13.1. The first-order valence-corrected chi connectivity index (χ1v) is 18.4. The zero-order valence-corrected chi connectivity index (χ0v) is 31.2. The lowest BCUT2D eigenvalue weighted by Gasteiger charge is -2.37. The molecule has 4 aromatic carbocycles. The summed E-state index contributed by atoms with van der Waals surface area (Å²) in [5.74, 6) is 0.376. The van der Waals surface area contributed by atoms with E-state index in [0.717, 1.165) is 28.7 Å². The minimum absolute atomic E-state index is 0.0155. The number of amides is 2. The Kier molecular flexibility index (Phi) is 14.0. The van der Waals surface area contributed by atoms with Crippen molar-refractivity contribution in [3.8, 4) is 0 Å². The zero-order valence-electron chi connectivity index (χ0n) is 28.8. The van der Waals surface area contributed by atoms with E-state index in [1.54, 1.807) is 17.8 Å². The van der Waals surface area contributed by atoms with Gasteiger partial charge in [-0.15, -0.1) is 11.8 Å². The molecule has 0 bridgehead atoms. The van der Waals surface area contributed by atoms with Crippen molar-refractivity contribution in [1.29, 1.82) is 0 Å². The molecule has 3 N–H and O–H groups in total. The molecule has 0 aromatic heterocycles. The summed E-state index contributed by atoms with van der Waals surface area (Å²) in [6.45, 7) is 10.2. The van der Waals surface area contributed by atoms with Gasteiger partial charge in [-0.25, -0.2) is 4.79 Å². The summed E-state index contributed by atoms with van der Waals surface area (Å²) in [6.07, 6.45) is 0.269. The number of ether oxygens (including phenoxy) is 1. The maximum atomic E-state index is 13.6. The van der Waals surface area contributed by atoms with E-state index in [-0.39, 0.29) is 18.4 Å². The summed E-state index contributed by atoms with van der Waals surface area (Å²) in [6, 6.07) is 35.8. The molecule has 3 atom stereocenters. The SMILES string of the molecule is CC[C@H](C)[C@H](NC[C@H](CSC(c1ccccc1)(c1ccccc1)c1ccccc1)NC(=O)OC(C)(C)C)C(=O)NCc1cccc(Cl)c1Cl. The quantitative estimate of drug-likeness (QED) is 0.107. The van der Waals surface area contributed by atoms with Crippen molar-refractivity contribution in [3.05, 3.63) is 141 Å². The van der Waals surface area contributed by atoms with Crippen molar-refractivity contribution >= 4 is 47.0 Å². The van der Waals surface area contributed by atoms with E-state index < -0.39 is 28.5 Å². The predicted molar refractivity (Wildman–Crippen MR) is 204 cm³/mol. The van der Waals surface area contributed by atoms with Crippen molar-refractivity contribution in [3.63, 3.8) is 0 Å². The standard InChI is InChI=1S/C40H47Cl2N3O3S/c1-6-28(2)36(37(46)44-25-29-17-16-24-34(41)35(29)42)43-26-33(45-38(47)48-39(3,4)5)27-49-40(30-18-10-7-11-19-30,31-20-12-8-13-21-31)32-22-14-9-15-23-32/h7-24,28,33,36,43H,6,25-27H2,1-5H3,(H,44,46)(H,45,47)/t28-,33+,36-/m0/s1. The number of alkyl carbamates (subject to hydrolysis) is 1. The summed E-state index contributed by atoms with van der Waals surface area (Å²) in [5, 5.41) is 10.5. The van der Waals surface area contributed by atoms with Crippen LogP contribution >= 0.6 is 35.0 Å². The second kappa shape index (κ2) is 18.0. The number of halogens is 2. The molecule has 260 valence electrons. The summed E-state index contributed by atoms with van der Waals surface area (Å²) >= 11 is 14.3. The molecule has 0 heterocycles. The summed E-state index contributed by atoms with van der Waals surface area (Å²) in [4.78, 5) is 26.9. The minimum Gasteiger partial charge on any atom is -0.444 e. The van der Waals surface area contributed by atoms with Gasteiger partial charge >= 0.3 is 6.09 Å². The first-order valence-electron chi connectivity index (χ1n) is 16.7. The van der Waals surface area contributed by atoms with Gasteiger partial charge in [-0.2, -0.15) is 0 Å². The number of carbonyl (C=O) groups excluding carboxylic acids is 2. The number of carbonyl (C=O) groups is 2. The molecule has 2 amide bonds. The molecule has 0 aliphatic carbocycles. The summed E-state index contributed by atoms with van der Waals surface area (Å²) in [5.41, 5.74) is 3.44. The van der Waals surface area contributed by atoms with Crippen LogP contribution in [0.2, 0.25) is 10.0 Å². The molecule has 9 heteroatoms. The van der Waals surface area contributed by atoms with Gasteiger partial charge in [-0.05, 0) is 55.0 Å². The molecule has 0 saturated carbocycles. The number of hydrogen-bond donors (Lipinski definition) is 3. The Labute approximate surface area is 305 Å². The molecule has 0 saturated heterocycles. The highest BCUT2D eigenvalue weighted by Gasteiger charge is 2.38. The minimum atomic E-state index is -0.669. The van der Waals surface area contributed by atoms with Crippen molar-refractivity contribution in [1.82, 2.24) is 16.0 Å². The lowest BCUT2D eigenvalue weighted by molar-refractivity contribution is -0.124. The monoisotopic (exact) mass is 719 g/mol. The van der Waals surface area contributed by atoms with E-state index in [4.69, 9.17) is 27.9 Å². The van der Waals surface area contributed by atoms with Crippen LogP contribution in [0.1, 0.15) is 63.3 Å². The summed E-state index contributed by atoms with van der Waals surface area (Å²) < 4.78 is 5.11.